The lowest BCUT2D eigenvalue weighted by atomic mass is 10.2. The quantitative estimate of drug-likeness (QED) is 0.703. The summed E-state index contributed by atoms with van der Waals surface area (Å²) >= 11 is 2.00. The number of aromatic amines is 1. The summed E-state index contributed by atoms with van der Waals surface area (Å²) in [6, 6.07) is 2.93. The summed E-state index contributed by atoms with van der Waals surface area (Å²) in [4.78, 5) is 0. The highest BCUT2D eigenvalue weighted by Crippen LogP contribution is 2.11. The minimum Gasteiger partial charge on any atom is -0.306 e. The van der Waals surface area contributed by atoms with Crippen molar-refractivity contribution in [3.8, 4) is 0 Å². The molecular formula is C11H21N3S. The zero-order valence-corrected chi connectivity index (χ0v) is 10.6. The molecule has 0 amide bonds. The molecule has 2 unspecified atom stereocenters. The fraction of sp³-hybridized carbons (Fsp3) is 0.727. The second-order valence-corrected chi connectivity index (χ2v) is 5.18. The summed E-state index contributed by atoms with van der Waals surface area (Å²) in [5.41, 5.74) is 1.16. The largest absolute Gasteiger partial charge is 0.306 e. The van der Waals surface area contributed by atoms with Gasteiger partial charge in [0, 0.05) is 18.3 Å². The molecule has 0 radical (unpaired) electrons. The van der Waals surface area contributed by atoms with E-state index in [1.165, 1.54) is 17.9 Å². The topological polar surface area (TPSA) is 40.7 Å². The Kier molecular flexibility index (Phi) is 5.79. The fourth-order valence-electron chi connectivity index (χ4n) is 1.51. The first kappa shape index (κ1) is 12.6. The van der Waals surface area contributed by atoms with Crippen molar-refractivity contribution in [2.24, 2.45) is 0 Å². The van der Waals surface area contributed by atoms with Gasteiger partial charge in [-0.2, -0.15) is 16.9 Å². The molecule has 86 valence electrons. The lowest BCUT2D eigenvalue weighted by molar-refractivity contribution is 0.464. The Morgan fingerprint density at radius 2 is 2.33 bits per heavy atom. The minimum atomic E-state index is 0.356. The molecule has 15 heavy (non-hydrogen) atoms. The van der Waals surface area contributed by atoms with Crippen LogP contribution in [0.5, 0.6) is 0 Å². The van der Waals surface area contributed by atoms with Crippen LogP contribution in [0, 0.1) is 0 Å². The molecule has 0 fully saturated rings. The fourth-order valence-corrected chi connectivity index (χ4v) is 2.32. The minimum absolute atomic E-state index is 0.356. The number of hydrogen-bond acceptors (Lipinski definition) is 3. The zero-order valence-electron chi connectivity index (χ0n) is 9.79. The number of rotatable bonds is 7. The van der Waals surface area contributed by atoms with Crippen molar-refractivity contribution < 1.29 is 0 Å². The standard InChI is InChI=1S/C11H21N3S/c1-4-15-8-6-9(2)13-10(3)11-5-7-12-14-11/h5,7,9-10,13H,4,6,8H2,1-3H3,(H,12,14). The van der Waals surface area contributed by atoms with Crippen LogP contribution in [-0.4, -0.2) is 27.7 Å². The van der Waals surface area contributed by atoms with Crippen LogP contribution in [0.1, 0.15) is 38.9 Å². The average molecular weight is 227 g/mol. The van der Waals surface area contributed by atoms with E-state index in [0.717, 1.165) is 5.69 Å². The van der Waals surface area contributed by atoms with Gasteiger partial charge in [-0.1, -0.05) is 6.92 Å². The molecule has 1 rings (SSSR count). The van der Waals surface area contributed by atoms with Gasteiger partial charge in [0.2, 0.25) is 0 Å². The van der Waals surface area contributed by atoms with Gasteiger partial charge in [0.1, 0.15) is 0 Å². The van der Waals surface area contributed by atoms with E-state index in [9.17, 15) is 0 Å². The first-order chi connectivity index (χ1) is 7.24. The van der Waals surface area contributed by atoms with Crippen molar-refractivity contribution in [2.45, 2.75) is 39.3 Å². The lowest BCUT2D eigenvalue weighted by Crippen LogP contribution is -2.29. The van der Waals surface area contributed by atoms with Crippen molar-refractivity contribution >= 4 is 11.8 Å². The summed E-state index contributed by atoms with van der Waals surface area (Å²) in [5, 5.41) is 10.5. The summed E-state index contributed by atoms with van der Waals surface area (Å²) < 4.78 is 0. The number of hydrogen-bond donors (Lipinski definition) is 2. The zero-order chi connectivity index (χ0) is 11.1. The van der Waals surface area contributed by atoms with Crippen LogP contribution in [0.25, 0.3) is 0 Å². The molecule has 1 aromatic heterocycles. The van der Waals surface area contributed by atoms with Crippen LogP contribution < -0.4 is 5.32 Å². The number of nitrogens with zero attached hydrogens (tertiary/aromatic N) is 1. The van der Waals surface area contributed by atoms with Crippen LogP contribution in [0.15, 0.2) is 12.3 Å². The van der Waals surface area contributed by atoms with Gasteiger partial charge in [-0.3, -0.25) is 5.10 Å². The molecule has 0 bridgehead atoms. The molecule has 3 nitrogen and oxygen atoms in total. The molecule has 0 aliphatic carbocycles. The molecule has 2 N–H and O–H groups in total. The van der Waals surface area contributed by atoms with Gasteiger partial charge in [0.05, 0.1) is 5.69 Å². The SMILES string of the molecule is CCSCCC(C)NC(C)c1ccn[nH]1. The maximum absolute atomic E-state index is 3.96. The van der Waals surface area contributed by atoms with Crippen molar-refractivity contribution in [1.29, 1.82) is 0 Å². The molecule has 0 aliphatic heterocycles. The van der Waals surface area contributed by atoms with Gasteiger partial charge in [-0.05, 0) is 37.8 Å². The molecule has 4 heteroatoms. The predicted octanol–water partition coefficient (Wildman–Crippen LogP) is 2.59. The molecule has 0 saturated heterocycles. The molecule has 1 heterocycles. The number of thioether (sulfide) groups is 1. The Bertz CT molecular complexity index is 248. The second-order valence-electron chi connectivity index (χ2n) is 3.79. The Morgan fingerprint density at radius 3 is 2.93 bits per heavy atom. The van der Waals surface area contributed by atoms with Crippen LogP contribution in [0.2, 0.25) is 0 Å². The van der Waals surface area contributed by atoms with E-state index in [4.69, 9.17) is 0 Å². The predicted molar refractivity (Wildman–Crippen MR) is 67.2 cm³/mol. The third-order valence-electron chi connectivity index (χ3n) is 2.42. The summed E-state index contributed by atoms with van der Waals surface area (Å²) in [7, 11) is 0. The Balaban J connectivity index is 2.22. The maximum atomic E-state index is 3.96. The highest BCUT2D eigenvalue weighted by Gasteiger charge is 2.09. The van der Waals surface area contributed by atoms with Gasteiger partial charge in [0.25, 0.3) is 0 Å². The number of nitrogens with one attached hydrogen (secondary N) is 2. The molecule has 0 aliphatic rings. The highest BCUT2D eigenvalue weighted by molar-refractivity contribution is 7.99. The van der Waals surface area contributed by atoms with E-state index in [1.807, 2.05) is 17.8 Å². The van der Waals surface area contributed by atoms with E-state index in [0.29, 0.717) is 12.1 Å². The molecule has 0 saturated carbocycles. The normalized spacial score (nSPS) is 15.1. The Labute approximate surface area is 96.4 Å². The van der Waals surface area contributed by atoms with Crippen LogP contribution >= 0.6 is 11.8 Å². The van der Waals surface area contributed by atoms with Crippen molar-refractivity contribution in [1.82, 2.24) is 15.5 Å². The maximum Gasteiger partial charge on any atom is 0.0518 e. The third-order valence-corrected chi connectivity index (χ3v) is 3.36. The smallest absolute Gasteiger partial charge is 0.0518 e. The van der Waals surface area contributed by atoms with E-state index in [2.05, 4.69) is 36.3 Å². The molecule has 2 atom stereocenters. The third kappa shape index (κ3) is 4.71. The van der Waals surface area contributed by atoms with E-state index < -0.39 is 0 Å². The van der Waals surface area contributed by atoms with Crippen LogP contribution in [0.3, 0.4) is 0 Å². The number of aromatic nitrogens is 2. The first-order valence-electron chi connectivity index (χ1n) is 5.57. The van der Waals surface area contributed by atoms with E-state index in [1.54, 1.807) is 6.20 Å². The molecule has 1 aromatic rings. The summed E-state index contributed by atoms with van der Waals surface area (Å²) in [6.45, 7) is 6.61. The first-order valence-corrected chi connectivity index (χ1v) is 6.72. The van der Waals surface area contributed by atoms with E-state index >= 15 is 0 Å². The lowest BCUT2D eigenvalue weighted by Gasteiger charge is -2.18. The number of H-pyrrole nitrogens is 1. The summed E-state index contributed by atoms with van der Waals surface area (Å²) in [5.74, 6) is 2.45. The average Bonchev–Trinajstić information content (AvgIpc) is 2.70. The second kappa shape index (κ2) is 6.90. The van der Waals surface area contributed by atoms with Crippen molar-refractivity contribution in [2.75, 3.05) is 11.5 Å². The molecule has 0 spiro atoms. The van der Waals surface area contributed by atoms with Gasteiger partial charge >= 0.3 is 0 Å². The van der Waals surface area contributed by atoms with Gasteiger partial charge < -0.3 is 5.32 Å². The molecular weight excluding hydrogens is 206 g/mol. The van der Waals surface area contributed by atoms with Crippen LogP contribution in [0.4, 0.5) is 0 Å². The summed E-state index contributed by atoms with van der Waals surface area (Å²) in [6.07, 6.45) is 3.02. The van der Waals surface area contributed by atoms with Gasteiger partial charge in [-0.25, -0.2) is 0 Å². The Morgan fingerprint density at radius 1 is 1.53 bits per heavy atom. The molecule has 0 aromatic carbocycles. The van der Waals surface area contributed by atoms with Crippen LogP contribution in [-0.2, 0) is 0 Å². The monoisotopic (exact) mass is 227 g/mol. The van der Waals surface area contributed by atoms with E-state index in [-0.39, 0.29) is 0 Å². The van der Waals surface area contributed by atoms with Gasteiger partial charge in [0.15, 0.2) is 0 Å². The van der Waals surface area contributed by atoms with Gasteiger partial charge in [-0.15, -0.1) is 0 Å². The van der Waals surface area contributed by atoms with Crippen molar-refractivity contribution in [3.63, 3.8) is 0 Å². The Hall–Kier alpha value is -0.480. The van der Waals surface area contributed by atoms with Crippen molar-refractivity contribution in [3.05, 3.63) is 18.0 Å². The highest BCUT2D eigenvalue weighted by atomic mass is 32.2.